The maximum absolute atomic E-state index is 11.7. The predicted octanol–water partition coefficient (Wildman–Crippen LogP) is 0.356. The van der Waals surface area contributed by atoms with Gasteiger partial charge in [-0.3, -0.25) is 4.79 Å². The van der Waals surface area contributed by atoms with E-state index in [1.807, 2.05) is 13.8 Å². The number of hydrogen-bond donors (Lipinski definition) is 1. The lowest BCUT2D eigenvalue weighted by atomic mass is 10.1. The minimum absolute atomic E-state index is 0.105. The van der Waals surface area contributed by atoms with Crippen LogP contribution >= 0.6 is 0 Å². The Balaban J connectivity index is 2.55. The molecule has 1 aliphatic heterocycles. The number of piperazine rings is 1. The second kappa shape index (κ2) is 4.97. The lowest BCUT2D eigenvalue weighted by molar-refractivity contribution is -0.133. The highest BCUT2D eigenvalue weighted by molar-refractivity contribution is 5.77. The summed E-state index contributed by atoms with van der Waals surface area (Å²) in [5.41, 5.74) is 0. The fourth-order valence-electron chi connectivity index (χ4n) is 1.58. The quantitative estimate of drug-likeness (QED) is 0.692. The zero-order valence-corrected chi connectivity index (χ0v) is 8.79. The van der Waals surface area contributed by atoms with Crippen molar-refractivity contribution in [3.63, 3.8) is 0 Å². The zero-order valence-electron chi connectivity index (χ0n) is 8.79. The fraction of sp³-hybridized carbons (Fsp3) is 0.800. The van der Waals surface area contributed by atoms with Crippen LogP contribution in [0.25, 0.3) is 0 Å². The molecule has 1 amide bonds. The monoisotopic (exact) mass is 195 g/mol. The van der Waals surface area contributed by atoms with Gasteiger partial charge in [-0.2, -0.15) is 5.26 Å². The van der Waals surface area contributed by atoms with Crippen molar-refractivity contribution in [2.24, 2.45) is 5.92 Å². The van der Waals surface area contributed by atoms with Gasteiger partial charge in [-0.05, 0) is 5.92 Å². The predicted molar refractivity (Wildman–Crippen MR) is 53.4 cm³/mol. The molecule has 1 unspecified atom stereocenters. The summed E-state index contributed by atoms with van der Waals surface area (Å²) >= 11 is 0. The van der Waals surface area contributed by atoms with Gasteiger partial charge in [0.25, 0.3) is 0 Å². The molecule has 14 heavy (non-hydrogen) atoms. The van der Waals surface area contributed by atoms with Crippen LogP contribution in [-0.2, 0) is 4.79 Å². The highest BCUT2D eigenvalue weighted by atomic mass is 16.2. The third kappa shape index (κ3) is 2.71. The summed E-state index contributed by atoms with van der Waals surface area (Å²) in [6.07, 6.45) is 0.540. The van der Waals surface area contributed by atoms with E-state index in [1.54, 1.807) is 4.90 Å². The number of nitrogens with one attached hydrogen (secondary N) is 1. The van der Waals surface area contributed by atoms with E-state index < -0.39 is 0 Å². The number of carbonyl (C=O) groups is 1. The van der Waals surface area contributed by atoms with E-state index in [0.29, 0.717) is 25.4 Å². The summed E-state index contributed by atoms with van der Waals surface area (Å²) in [6.45, 7) is 6.08. The van der Waals surface area contributed by atoms with Crippen molar-refractivity contribution in [2.45, 2.75) is 26.3 Å². The Morgan fingerprint density at radius 1 is 1.71 bits per heavy atom. The largest absolute Gasteiger partial charge is 0.324 e. The molecule has 1 rings (SSSR count). The van der Waals surface area contributed by atoms with Gasteiger partial charge in [0.1, 0.15) is 6.04 Å². The van der Waals surface area contributed by atoms with Gasteiger partial charge in [-0.25, -0.2) is 0 Å². The SMILES string of the molecule is CC(C)CC(=O)N1CCNCC1C#N. The Labute approximate surface area is 84.9 Å². The molecular formula is C10H17N3O. The third-order valence-electron chi connectivity index (χ3n) is 2.30. The van der Waals surface area contributed by atoms with Gasteiger partial charge in [-0.15, -0.1) is 0 Å². The average molecular weight is 195 g/mol. The first-order valence-corrected chi connectivity index (χ1v) is 5.05. The second-order valence-electron chi connectivity index (χ2n) is 4.03. The molecule has 0 aliphatic carbocycles. The summed E-state index contributed by atoms with van der Waals surface area (Å²) in [7, 11) is 0. The number of nitrogens with zero attached hydrogens (tertiary/aromatic N) is 2. The number of rotatable bonds is 2. The highest BCUT2D eigenvalue weighted by Gasteiger charge is 2.26. The van der Waals surface area contributed by atoms with Crippen molar-refractivity contribution in [2.75, 3.05) is 19.6 Å². The minimum Gasteiger partial charge on any atom is -0.324 e. The van der Waals surface area contributed by atoms with Gasteiger partial charge in [0.2, 0.25) is 5.91 Å². The average Bonchev–Trinajstić information content (AvgIpc) is 2.16. The van der Waals surface area contributed by atoms with Gasteiger partial charge in [0, 0.05) is 26.1 Å². The van der Waals surface area contributed by atoms with Gasteiger partial charge in [-0.1, -0.05) is 13.8 Å². The number of carbonyl (C=O) groups excluding carboxylic acids is 1. The van der Waals surface area contributed by atoms with E-state index in [4.69, 9.17) is 5.26 Å². The number of hydrogen-bond acceptors (Lipinski definition) is 3. The van der Waals surface area contributed by atoms with Crippen LogP contribution in [0.5, 0.6) is 0 Å². The van der Waals surface area contributed by atoms with Gasteiger partial charge in [0.15, 0.2) is 0 Å². The standard InChI is InChI=1S/C10H17N3O/c1-8(2)5-10(14)13-4-3-12-7-9(13)6-11/h8-9,12H,3-5,7H2,1-2H3. The molecule has 4 nitrogen and oxygen atoms in total. The van der Waals surface area contributed by atoms with E-state index >= 15 is 0 Å². The molecule has 0 bridgehead atoms. The van der Waals surface area contributed by atoms with Crippen molar-refractivity contribution in [1.29, 1.82) is 5.26 Å². The van der Waals surface area contributed by atoms with Crippen LogP contribution in [-0.4, -0.2) is 36.5 Å². The van der Waals surface area contributed by atoms with Crippen LogP contribution in [0.4, 0.5) is 0 Å². The molecule has 0 saturated carbocycles. The third-order valence-corrected chi connectivity index (χ3v) is 2.30. The maximum Gasteiger partial charge on any atom is 0.223 e. The van der Waals surface area contributed by atoms with Crippen molar-refractivity contribution >= 4 is 5.91 Å². The Kier molecular flexibility index (Phi) is 3.90. The molecule has 0 radical (unpaired) electrons. The summed E-state index contributed by atoms with van der Waals surface area (Å²) in [4.78, 5) is 13.4. The Hall–Kier alpha value is -1.08. The fourth-order valence-corrected chi connectivity index (χ4v) is 1.58. The van der Waals surface area contributed by atoms with Crippen LogP contribution in [0, 0.1) is 17.2 Å². The molecule has 1 heterocycles. The smallest absolute Gasteiger partial charge is 0.223 e. The molecule has 1 N–H and O–H groups in total. The maximum atomic E-state index is 11.7. The van der Waals surface area contributed by atoms with E-state index in [2.05, 4.69) is 11.4 Å². The molecule has 1 fully saturated rings. The van der Waals surface area contributed by atoms with Crippen molar-refractivity contribution < 1.29 is 4.79 Å². The van der Waals surface area contributed by atoms with E-state index in [-0.39, 0.29) is 11.9 Å². The van der Waals surface area contributed by atoms with Crippen LogP contribution in [0.15, 0.2) is 0 Å². The summed E-state index contributed by atoms with van der Waals surface area (Å²) in [5.74, 6) is 0.463. The lowest BCUT2D eigenvalue weighted by Gasteiger charge is -2.32. The lowest BCUT2D eigenvalue weighted by Crippen LogP contribution is -2.53. The van der Waals surface area contributed by atoms with Crippen LogP contribution < -0.4 is 5.32 Å². The molecular weight excluding hydrogens is 178 g/mol. The van der Waals surface area contributed by atoms with Gasteiger partial charge < -0.3 is 10.2 Å². The van der Waals surface area contributed by atoms with Gasteiger partial charge in [0.05, 0.1) is 6.07 Å². The Morgan fingerprint density at radius 3 is 3.00 bits per heavy atom. The molecule has 0 aromatic carbocycles. The summed E-state index contributed by atoms with van der Waals surface area (Å²) < 4.78 is 0. The molecule has 78 valence electrons. The molecule has 1 saturated heterocycles. The molecule has 1 atom stereocenters. The van der Waals surface area contributed by atoms with E-state index in [9.17, 15) is 4.79 Å². The van der Waals surface area contributed by atoms with E-state index in [1.165, 1.54) is 0 Å². The summed E-state index contributed by atoms with van der Waals surface area (Å²) in [5, 5.41) is 12.0. The minimum atomic E-state index is -0.282. The van der Waals surface area contributed by atoms with Crippen molar-refractivity contribution in [1.82, 2.24) is 10.2 Å². The molecule has 4 heteroatoms. The topological polar surface area (TPSA) is 56.1 Å². The molecule has 0 aromatic rings. The zero-order chi connectivity index (χ0) is 10.6. The Bertz CT molecular complexity index is 244. The van der Waals surface area contributed by atoms with Crippen molar-refractivity contribution in [3.8, 4) is 6.07 Å². The molecule has 0 aromatic heterocycles. The first-order chi connectivity index (χ1) is 6.65. The first kappa shape index (κ1) is 11.0. The molecule has 0 spiro atoms. The molecule has 1 aliphatic rings. The van der Waals surface area contributed by atoms with Crippen LogP contribution in [0.2, 0.25) is 0 Å². The van der Waals surface area contributed by atoms with Crippen LogP contribution in [0.3, 0.4) is 0 Å². The normalized spacial score (nSPS) is 22.1. The van der Waals surface area contributed by atoms with Gasteiger partial charge >= 0.3 is 0 Å². The Morgan fingerprint density at radius 2 is 2.43 bits per heavy atom. The highest BCUT2D eigenvalue weighted by Crippen LogP contribution is 2.09. The first-order valence-electron chi connectivity index (χ1n) is 5.05. The van der Waals surface area contributed by atoms with Crippen molar-refractivity contribution in [3.05, 3.63) is 0 Å². The van der Waals surface area contributed by atoms with Crippen LogP contribution in [0.1, 0.15) is 20.3 Å². The number of amides is 1. The van der Waals surface area contributed by atoms with E-state index in [0.717, 1.165) is 6.54 Å². The summed E-state index contributed by atoms with van der Waals surface area (Å²) in [6, 6.07) is 1.87. The second-order valence-corrected chi connectivity index (χ2v) is 4.03. The number of nitriles is 1.